The molecule has 0 saturated heterocycles. The summed E-state index contributed by atoms with van der Waals surface area (Å²) < 4.78 is 15.3. The Kier molecular flexibility index (Phi) is 2.26. The third-order valence-electron chi connectivity index (χ3n) is 3.88. The molecule has 1 aliphatic carbocycles. The second kappa shape index (κ2) is 3.57. The van der Waals surface area contributed by atoms with Gasteiger partial charge in [0.1, 0.15) is 5.82 Å². The van der Waals surface area contributed by atoms with Gasteiger partial charge in [-0.15, -0.1) is 0 Å². The summed E-state index contributed by atoms with van der Waals surface area (Å²) in [7, 11) is 2.03. The van der Waals surface area contributed by atoms with Crippen molar-refractivity contribution in [2.75, 3.05) is 0 Å². The fraction of sp³-hybridized carbons (Fsp3) is 0.429. The first kappa shape index (κ1) is 10.8. The molecule has 3 rings (SSSR count). The quantitative estimate of drug-likeness (QED) is 0.866. The molecule has 90 valence electrons. The van der Waals surface area contributed by atoms with Gasteiger partial charge in [-0.25, -0.2) is 4.39 Å². The molecule has 2 aromatic rings. The lowest BCUT2D eigenvalue weighted by atomic mass is 10.1. The van der Waals surface area contributed by atoms with E-state index in [1.807, 2.05) is 13.1 Å². The minimum absolute atomic E-state index is 0.0850. The third-order valence-corrected chi connectivity index (χ3v) is 3.88. The zero-order valence-corrected chi connectivity index (χ0v) is 10.0. The van der Waals surface area contributed by atoms with Gasteiger partial charge in [0, 0.05) is 29.2 Å². The van der Waals surface area contributed by atoms with Gasteiger partial charge in [-0.3, -0.25) is 0 Å². The second-order valence-electron chi connectivity index (χ2n) is 5.26. The van der Waals surface area contributed by atoms with Gasteiger partial charge >= 0.3 is 0 Å². The summed E-state index contributed by atoms with van der Waals surface area (Å²) in [5.74, 6) is -0.174. The maximum absolute atomic E-state index is 13.1. The molecule has 2 nitrogen and oxygen atoms in total. The number of aromatic nitrogens is 1. The Labute approximate surface area is 100 Å². The van der Waals surface area contributed by atoms with E-state index in [1.54, 1.807) is 6.07 Å². The number of nitrogens with two attached hydrogens (primary N) is 1. The zero-order chi connectivity index (χ0) is 12.0. The van der Waals surface area contributed by atoms with Crippen molar-refractivity contribution in [3.8, 4) is 0 Å². The van der Waals surface area contributed by atoms with Crippen molar-refractivity contribution in [2.24, 2.45) is 12.8 Å². The number of fused-ring (bicyclic) bond motifs is 1. The number of rotatable bonds is 3. The van der Waals surface area contributed by atoms with Crippen LogP contribution >= 0.6 is 0 Å². The van der Waals surface area contributed by atoms with E-state index in [9.17, 15) is 4.39 Å². The van der Waals surface area contributed by atoms with E-state index in [2.05, 4.69) is 10.6 Å². The fourth-order valence-electron chi connectivity index (χ4n) is 2.40. The summed E-state index contributed by atoms with van der Waals surface area (Å²) >= 11 is 0. The summed E-state index contributed by atoms with van der Waals surface area (Å²) in [6, 6.07) is 7.01. The second-order valence-corrected chi connectivity index (χ2v) is 5.26. The Hall–Kier alpha value is -1.35. The molecule has 1 aromatic carbocycles. The summed E-state index contributed by atoms with van der Waals surface area (Å²) in [4.78, 5) is 0. The van der Waals surface area contributed by atoms with E-state index in [1.165, 1.54) is 11.8 Å². The summed E-state index contributed by atoms with van der Waals surface area (Å²) in [6.07, 6.45) is 4.29. The van der Waals surface area contributed by atoms with E-state index in [0.29, 0.717) is 0 Å². The lowest BCUT2D eigenvalue weighted by Crippen LogP contribution is -2.22. The predicted molar refractivity (Wildman–Crippen MR) is 67.4 cm³/mol. The first-order valence-electron chi connectivity index (χ1n) is 6.10. The van der Waals surface area contributed by atoms with Crippen molar-refractivity contribution in [1.29, 1.82) is 0 Å². The van der Waals surface area contributed by atoms with E-state index >= 15 is 0 Å². The zero-order valence-electron chi connectivity index (χ0n) is 10.0. The molecule has 3 heteroatoms. The molecule has 0 atom stereocenters. The normalized spacial score (nSPS) is 17.6. The van der Waals surface area contributed by atoms with Crippen LogP contribution in [0, 0.1) is 5.82 Å². The topological polar surface area (TPSA) is 30.9 Å². The average molecular weight is 232 g/mol. The molecule has 0 radical (unpaired) electrons. The Balaban J connectivity index is 1.91. The van der Waals surface area contributed by atoms with Crippen LogP contribution in [0.2, 0.25) is 0 Å². The first-order valence-corrected chi connectivity index (χ1v) is 6.10. The molecule has 0 amide bonds. The maximum Gasteiger partial charge on any atom is 0.123 e. The molecule has 0 spiro atoms. The van der Waals surface area contributed by atoms with Crippen LogP contribution in [0.25, 0.3) is 10.9 Å². The molecule has 0 unspecified atom stereocenters. The van der Waals surface area contributed by atoms with E-state index in [0.717, 1.165) is 36.6 Å². The van der Waals surface area contributed by atoms with Crippen LogP contribution < -0.4 is 5.73 Å². The number of nitrogens with zero attached hydrogens (tertiary/aromatic N) is 1. The van der Waals surface area contributed by atoms with Gasteiger partial charge in [-0.2, -0.15) is 0 Å². The van der Waals surface area contributed by atoms with Crippen LogP contribution in [-0.4, -0.2) is 10.1 Å². The summed E-state index contributed by atoms with van der Waals surface area (Å²) in [5.41, 5.74) is 8.50. The van der Waals surface area contributed by atoms with Gasteiger partial charge in [-0.1, -0.05) is 0 Å². The smallest absolute Gasteiger partial charge is 0.123 e. The number of hydrogen-bond donors (Lipinski definition) is 1. The highest BCUT2D eigenvalue weighted by Gasteiger charge is 2.37. The molecule has 0 aliphatic heterocycles. The molecular weight excluding hydrogens is 215 g/mol. The molecule has 1 heterocycles. The van der Waals surface area contributed by atoms with Gasteiger partial charge in [-0.05, 0) is 49.9 Å². The number of benzene rings is 1. The van der Waals surface area contributed by atoms with Crippen molar-refractivity contribution in [3.63, 3.8) is 0 Å². The number of aryl methyl sites for hydroxylation is 2. The standard InChI is InChI=1S/C14H17FN2/c1-17-12(4-5-14(16)6-7-14)9-10-8-11(15)2-3-13(10)17/h2-3,8-9H,4-7,16H2,1H3. The SMILES string of the molecule is Cn1c(CCC2(N)CC2)cc2cc(F)ccc21. The van der Waals surface area contributed by atoms with Gasteiger partial charge < -0.3 is 10.3 Å². The van der Waals surface area contributed by atoms with Crippen LogP contribution in [0.3, 0.4) is 0 Å². The lowest BCUT2D eigenvalue weighted by Gasteiger charge is -2.08. The lowest BCUT2D eigenvalue weighted by molar-refractivity contribution is 0.596. The van der Waals surface area contributed by atoms with Crippen molar-refractivity contribution >= 4 is 10.9 Å². The molecule has 0 bridgehead atoms. The summed E-state index contributed by atoms with van der Waals surface area (Å²) in [6.45, 7) is 0. The predicted octanol–water partition coefficient (Wildman–Crippen LogP) is 2.74. The van der Waals surface area contributed by atoms with Crippen LogP contribution in [0.4, 0.5) is 4.39 Å². The Bertz CT molecular complexity index is 567. The van der Waals surface area contributed by atoms with Crippen molar-refractivity contribution < 1.29 is 4.39 Å². The Morgan fingerprint density at radius 3 is 2.82 bits per heavy atom. The van der Waals surface area contributed by atoms with E-state index in [-0.39, 0.29) is 11.4 Å². The highest BCUT2D eigenvalue weighted by Crippen LogP contribution is 2.36. The average Bonchev–Trinajstić information content (AvgIpc) is 2.94. The molecule has 2 N–H and O–H groups in total. The molecule has 17 heavy (non-hydrogen) atoms. The molecule has 1 fully saturated rings. The van der Waals surface area contributed by atoms with Gasteiger partial charge in [0.05, 0.1) is 0 Å². The van der Waals surface area contributed by atoms with E-state index < -0.39 is 0 Å². The third kappa shape index (κ3) is 1.95. The van der Waals surface area contributed by atoms with Crippen molar-refractivity contribution in [3.05, 3.63) is 35.8 Å². The van der Waals surface area contributed by atoms with Crippen LogP contribution in [0.1, 0.15) is 25.0 Å². The highest BCUT2D eigenvalue weighted by atomic mass is 19.1. The van der Waals surface area contributed by atoms with Crippen LogP contribution in [-0.2, 0) is 13.5 Å². The molecular formula is C14H17FN2. The summed E-state index contributed by atoms with van der Waals surface area (Å²) in [5, 5.41) is 0.976. The molecule has 1 aliphatic rings. The van der Waals surface area contributed by atoms with E-state index in [4.69, 9.17) is 5.73 Å². The maximum atomic E-state index is 13.1. The van der Waals surface area contributed by atoms with Gasteiger partial charge in [0.15, 0.2) is 0 Å². The molecule has 1 aromatic heterocycles. The van der Waals surface area contributed by atoms with Crippen molar-refractivity contribution in [1.82, 2.24) is 4.57 Å². The Morgan fingerprint density at radius 2 is 2.12 bits per heavy atom. The van der Waals surface area contributed by atoms with Crippen LogP contribution in [0.5, 0.6) is 0 Å². The monoisotopic (exact) mass is 232 g/mol. The van der Waals surface area contributed by atoms with Crippen molar-refractivity contribution in [2.45, 2.75) is 31.2 Å². The highest BCUT2D eigenvalue weighted by molar-refractivity contribution is 5.81. The van der Waals surface area contributed by atoms with Gasteiger partial charge in [0.2, 0.25) is 0 Å². The minimum atomic E-state index is -0.174. The van der Waals surface area contributed by atoms with Gasteiger partial charge in [0.25, 0.3) is 0 Å². The first-order chi connectivity index (χ1) is 8.07. The largest absolute Gasteiger partial charge is 0.348 e. The minimum Gasteiger partial charge on any atom is -0.348 e. The Morgan fingerprint density at radius 1 is 1.35 bits per heavy atom. The number of hydrogen-bond acceptors (Lipinski definition) is 1. The fourth-order valence-corrected chi connectivity index (χ4v) is 2.40. The molecule has 1 saturated carbocycles. The number of halogens is 1. The van der Waals surface area contributed by atoms with Crippen LogP contribution in [0.15, 0.2) is 24.3 Å².